The SMILES string of the molecule is CCC(C)(C)NCc1ccc(OC)c(C(N)=NO)c1. The molecule has 0 unspecified atom stereocenters. The van der Waals surface area contributed by atoms with Crippen molar-refractivity contribution >= 4 is 5.84 Å². The van der Waals surface area contributed by atoms with Crippen molar-refractivity contribution < 1.29 is 9.94 Å². The molecule has 0 bridgehead atoms. The van der Waals surface area contributed by atoms with Crippen LogP contribution in [0.2, 0.25) is 0 Å². The van der Waals surface area contributed by atoms with Crippen LogP contribution in [0, 0.1) is 0 Å². The molecule has 5 nitrogen and oxygen atoms in total. The first-order valence-electron chi connectivity index (χ1n) is 6.33. The summed E-state index contributed by atoms with van der Waals surface area (Å²) in [6.07, 6.45) is 1.04. The van der Waals surface area contributed by atoms with Gasteiger partial charge >= 0.3 is 0 Å². The highest BCUT2D eigenvalue weighted by Gasteiger charge is 2.14. The van der Waals surface area contributed by atoms with Crippen molar-refractivity contribution in [2.24, 2.45) is 10.9 Å². The zero-order valence-corrected chi connectivity index (χ0v) is 12.0. The molecule has 0 aliphatic rings. The number of hydrogen-bond donors (Lipinski definition) is 3. The van der Waals surface area contributed by atoms with Gasteiger partial charge < -0.3 is 21.0 Å². The average Bonchev–Trinajstić information content (AvgIpc) is 2.44. The van der Waals surface area contributed by atoms with Crippen molar-refractivity contribution in [2.75, 3.05) is 7.11 Å². The van der Waals surface area contributed by atoms with E-state index < -0.39 is 0 Å². The molecule has 4 N–H and O–H groups in total. The minimum atomic E-state index is 0.0495. The van der Waals surface area contributed by atoms with Gasteiger partial charge in [0.05, 0.1) is 12.7 Å². The van der Waals surface area contributed by atoms with E-state index in [1.807, 2.05) is 18.2 Å². The molecule has 0 aromatic heterocycles. The summed E-state index contributed by atoms with van der Waals surface area (Å²) >= 11 is 0. The number of methoxy groups -OCH3 is 1. The number of benzene rings is 1. The minimum Gasteiger partial charge on any atom is -0.496 e. The number of oxime groups is 1. The standard InChI is InChI=1S/C14H23N3O2/c1-5-14(2,3)16-9-10-6-7-12(19-4)11(8-10)13(15)17-18/h6-8,16,18H,5,9H2,1-4H3,(H2,15,17). The number of nitrogens with zero attached hydrogens (tertiary/aromatic N) is 1. The fraction of sp³-hybridized carbons (Fsp3) is 0.500. The van der Waals surface area contributed by atoms with Crippen LogP contribution in [0.15, 0.2) is 23.4 Å². The van der Waals surface area contributed by atoms with Crippen molar-refractivity contribution in [3.63, 3.8) is 0 Å². The van der Waals surface area contributed by atoms with Gasteiger partial charge in [-0.3, -0.25) is 0 Å². The second kappa shape index (κ2) is 6.43. The molecule has 0 heterocycles. The predicted octanol–water partition coefficient (Wildman–Crippen LogP) is 2.07. The Morgan fingerprint density at radius 2 is 2.16 bits per heavy atom. The molecular weight excluding hydrogens is 242 g/mol. The van der Waals surface area contributed by atoms with E-state index >= 15 is 0 Å². The zero-order chi connectivity index (χ0) is 14.5. The van der Waals surface area contributed by atoms with Crippen LogP contribution in [0.25, 0.3) is 0 Å². The molecule has 0 saturated carbocycles. The highest BCUT2D eigenvalue weighted by Crippen LogP contribution is 2.20. The second-order valence-corrected chi connectivity index (χ2v) is 5.11. The van der Waals surface area contributed by atoms with E-state index in [0.717, 1.165) is 18.5 Å². The molecule has 0 fully saturated rings. The van der Waals surface area contributed by atoms with Gasteiger partial charge in [-0.1, -0.05) is 18.1 Å². The Hall–Kier alpha value is -1.75. The highest BCUT2D eigenvalue weighted by molar-refractivity contribution is 5.99. The summed E-state index contributed by atoms with van der Waals surface area (Å²) in [6, 6.07) is 5.65. The molecule has 1 aromatic rings. The Morgan fingerprint density at radius 3 is 2.68 bits per heavy atom. The van der Waals surface area contributed by atoms with Gasteiger partial charge in [-0.25, -0.2) is 0 Å². The Morgan fingerprint density at radius 1 is 1.47 bits per heavy atom. The summed E-state index contributed by atoms with van der Waals surface area (Å²) in [5.41, 5.74) is 7.38. The van der Waals surface area contributed by atoms with E-state index in [-0.39, 0.29) is 11.4 Å². The third-order valence-corrected chi connectivity index (χ3v) is 3.30. The van der Waals surface area contributed by atoms with Gasteiger partial charge in [-0.2, -0.15) is 0 Å². The predicted molar refractivity (Wildman–Crippen MR) is 76.7 cm³/mol. The maximum atomic E-state index is 8.79. The van der Waals surface area contributed by atoms with Gasteiger partial charge in [0.1, 0.15) is 5.75 Å². The zero-order valence-electron chi connectivity index (χ0n) is 12.0. The Labute approximate surface area is 114 Å². The summed E-state index contributed by atoms with van der Waals surface area (Å²) in [5.74, 6) is 0.641. The van der Waals surface area contributed by atoms with Gasteiger partial charge in [0, 0.05) is 12.1 Å². The van der Waals surface area contributed by atoms with E-state index in [0.29, 0.717) is 11.3 Å². The largest absolute Gasteiger partial charge is 0.496 e. The Balaban J connectivity index is 2.93. The molecule has 19 heavy (non-hydrogen) atoms. The lowest BCUT2D eigenvalue weighted by atomic mass is 10.0. The van der Waals surface area contributed by atoms with Crippen molar-refractivity contribution in [1.82, 2.24) is 5.32 Å². The first kappa shape index (κ1) is 15.3. The lowest BCUT2D eigenvalue weighted by Crippen LogP contribution is -2.37. The van der Waals surface area contributed by atoms with Crippen LogP contribution in [-0.4, -0.2) is 23.7 Å². The first-order valence-corrected chi connectivity index (χ1v) is 6.33. The van der Waals surface area contributed by atoms with Crippen LogP contribution in [-0.2, 0) is 6.54 Å². The molecule has 106 valence electrons. The normalized spacial score (nSPS) is 12.5. The fourth-order valence-electron chi connectivity index (χ4n) is 1.59. The topological polar surface area (TPSA) is 79.9 Å². The van der Waals surface area contributed by atoms with Crippen LogP contribution >= 0.6 is 0 Å². The number of rotatable bonds is 6. The van der Waals surface area contributed by atoms with Crippen molar-refractivity contribution in [1.29, 1.82) is 0 Å². The Bertz CT molecular complexity index is 456. The molecule has 5 heteroatoms. The third kappa shape index (κ3) is 4.13. The van der Waals surface area contributed by atoms with E-state index in [2.05, 4.69) is 31.2 Å². The number of nitrogens with two attached hydrogens (primary N) is 1. The molecule has 0 spiro atoms. The van der Waals surface area contributed by atoms with Crippen LogP contribution < -0.4 is 15.8 Å². The van der Waals surface area contributed by atoms with E-state index in [1.165, 1.54) is 0 Å². The fourth-order valence-corrected chi connectivity index (χ4v) is 1.59. The molecule has 0 radical (unpaired) electrons. The second-order valence-electron chi connectivity index (χ2n) is 5.11. The number of nitrogens with one attached hydrogen (secondary N) is 1. The maximum absolute atomic E-state index is 8.79. The number of amidine groups is 1. The summed E-state index contributed by atoms with van der Waals surface area (Å²) in [5, 5.41) is 15.3. The van der Waals surface area contributed by atoms with Gasteiger partial charge in [0.2, 0.25) is 0 Å². The van der Waals surface area contributed by atoms with Gasteiger partial charge in [-0.05, 0) is 38.0 Å². The number of ether oxygens (including phenoxy) is 1. The summed E-state index contributed by atoms with van der Waals surface area (Å²) in [4.78, 5) is 0. The van der Waals surface area contributed by atoms with Crippen LogP contribution in [0.1, 0.15) is 38.3 Å². The average molecular weight is 265 g/mol. The van der Waals surface area contributed by atoms with E-state index in [1.54, 1.807) is 7.11 Å². The lowest BCUT2D eigenvalue weighted by Gasteiger charge is -2.24. The Kier molecular flexibility index (Phi) is 5.18. The molecule has 0 amide bonds. The smallest absolute Gasteiger partial charge is 0.173 e. The van der Waals surface area contributed by atoms with Gasteiger partial charge in [0.25, 0.3) is 0 Å². The minimum absolute atomic E-state index is 0.0495. The third-order valence-electron chi connectivity index (χ3n) is 3.30. The van der Waals surface area contributed by atoms with Crippen molar-refractivity contribution in [2.45, 2.75) is 39.3 Å². The maximum Gasteiger partial charge on any atom is 0.173 e. The quantitative estimate of drug-likeness (QED) is 0.318. The summed E-state index contributed by atoms with van der Waals surface area (Å²) in [7, 11) is 1.56. The van der Waals surface area contributed by atoms with Crippen molar-refractivity contribution in [3.05, 3.63) is 29.3 Å². The molecule has 0 atom stereocenters. The lowest BCUT2D eigenvalue weighted by molar-refractivity contribution is 0.318. The van der Waals surface area contributed by atoms with Crippen LogP contribution in [0.5, 0.6) is 5.75 Å². The van der Waals surface area contributed by atoms with Gasteiger partial charge in [0.15, 0.2) is 5.84 Å². The van der Waals surface area contributed by atoms with E-state index in [4.69, 9.17) is 15.7 Å². The molecule has 0 aliphatic carbocycles. The van der Waals surface area contributed by atoms with Crippen molar-refractivity contribution in [3.8, 4) is 5.75 Å². The molecular formula is C14H23N3O2. The van der Waals surface area contributed by atoms with Crippen LogP contribution in [0.3, 0.4) is 0 Å². The highest BCUT2D eigenvalue weighted by atomic mass is 16.5. The molecule has 1 aromatic carbocycles. The molecule has 0 aliphatic heterocycles. The summed E-state index contributed by atoms with van der Waals surface area (Å²) in [6.45, 7) is 7.17. The van der Waals surface area contributed by atoms with E-state index in [9.17, 15) is 0 Å². The van der Waals surface area contributed by atoms with Gasteiger partial charge in [-0.15, -0.1) is 0 Å². The number of hydrogen-bond acceptors (Lipinski definition) is 4. The van der Waals surface area contributed by atoms with Crippen LogP contribution in [0.4, 0.5) is 0 Å². The molecule has 1 rings (SSSR count). The summed E-state index contributed by atoms with van der Waals surface area (Å²) < 4.78 is 5.20. The first-order chi connectivity index (χ1) is 8.93. The molecule has 0 saturated heterocycles. The monoisotopic (exact) mass is 265 g/mol.